The summed E-state index contributed by atoms with van der Waals surface area (Å²) in [6, 6.07) is -0.562. The quantitative estimate of drug-likeness (QED) is 0.787. The summed E-state index contributed by atoms with van der Waals surface area (Å²) in [5.41, 5.74) is -0.574. The Morgan fingerprint density at radius 2 is 1.87 bits per heavy atom. The lowest BCUT2D eigenvalue weighted by Crippen LogP contribution is -2.49. The average Bonchev–Trinajstić information content (AvgIpc) is 2.81. The summed E-state index contributed by atoms with van der Waals surface area (Å²) in [5.74, 6) is -0.263. The van der Waals surface area contributed by atoms with Crippen LogP contribution in [0.5, 0.6) is 0 Å². The first kappa shape index (κ1) is 17.6. The largest absolute Gasteiger partial charge is 0.467 e. The molecule has 1 heterocycles. The Kier molecular flexibility index (Phi) is 4.34. The molecule has 7 nitrogen and oxygen atoms in total. The lowest BCUT2D eigenvalue weighted by Gasteiger charge is -2.29. The van der Waals surface area contributed by atoms with Crippen LogP contribution in [0.3, 0.4) is 0 Å². The topological polar surface area (TPSA) is 84.9 Å². The Hall–Kier alpha value is -1.79. The molecule has 2 aliphatic rings. The monoisotopic (exact) mass is 326 g/mol. The first-order chi connectivity index (χ1) is 10.5. The van der Waals surface area contributed by atoms with Crippen LogP contribution in [0.2, 0.25) is 0 Å². The highest BCUT2D eigenvalue weighted by Gasteiger charge is 2.69. The maximum Gasteiger partial charge on any atom is 0.408 e. The van der Waals surface area contributed by atoms with Gasteiger partial charge in [-0.05, 0) is 32.1 Å². The zero-order valence-corrected chi connectivity index (χ0v) is 14.6. The molecule has 0 aromatic heterocycles. The molecule has 3 atom stereocenters. The fourth-order valence-electron chi connectivity index (χ4n) is 3.50. The van der Waals surface area contributed by atoms with Crippen molar-refractivity contribution in [3.05, 3.63) is 0 Å². The summed E-state index contributed by atoms with van der Waals surface area (Å²) in [5, 5.41) is 2.44. The van der Waals surface area contributed by atoms with E-state index >= 15 is 0 Å². The number of nitrogens with one attached hydrogen (secondary N) is 1. The molecule has 0 aromatic rings. The number of piperidine rings is 1. The zero-order valence-electron chi connectivity index (χ0n) is 14.6. The predicted molar refractivity (Wildman–Crippen MR) is 82.5 cm³/mol. The van der Waals surface area contributed by atoms with E-state index in [2.05, 4.69) is 19.2 Å². The highest BCUT2D eigenvalue weighted by atomic mass is 16.6. The number of amides is 2. The minimum Gasteiger partial charge on any atom is -0.467 e. The van der Waals surface area contributed by atoms with Gasteiger partial charge in [0.1, 0.15) is 18.2 Å². The van der Waals surface area contributed by atoms with Crippen LogP contribution >= 0.6 is 0 Å². The number of rotatable bonds is 3. The molecule has 0 radical (unpaired) electrons. The normalized spacial score (nSPS) is 27.9. The molecule has 0 spiro atoms. The van der Waals surface area contributed by atoms with E-state index < -0.39 is 23.7 Å². The standard InChI is InChI=1S/C16H26N2O5/c1-15(2,3)23-14(21)17-7-10(19)18-8-9-11(16(9,4)5)12(18)13(20)22-6/h9,11-12H,7-8H2,1-6H3,(H,17,21)/t9-,11-,12-/m0/s1. The van der Waals surface area contributed by atoms with Gasteiger partial charge < -0.3 is 19.7 Å². The van der Waals surface area contributed by atoms with E-state index in [0.29, 0.717) is 12.5 Å². The van der Waals surface area contributed by atoms with Crippen molar-refractivity contribution >= 4 is 18.0 Å². The van der Waals surface area contributed by atoms with Crippen LogP contribution in [0.15, 0.2) is 0 Å². The molecule has 7 heteroatoms. The van der Waals surface area contributed by atoms with E-state index in [9.17, 15) is 14.4 Å². The Bertz CT molecular complexity index is 523. The van der Waals surface area contributed by atoms with Gasteiger partial charge in [-0.1, -0.05) is 13.8 Å². The van der Waals surface area contributed by atoms with E-state index in [1.54, 1.807) is 20.8 Å². The van der Waals surface area contributed by atoms with Crippen molar-refractivity contribution in [2.24, 2.45) is 17.3 Å². The van der Waals surface area contributed by atoms with Crippen molar-refractivity contribution in [3.63, 3.8) is 0 Å². The highest BCUT2D eigenvalue weighted by Crippen LogP contribution is 2.64. The number of carbonyl (C=O) groups is 3. The summed E-state index contributed by atoms with van der Waals surface area (Å²) in [7, 11) is 1.33. The van der Waals surface area contributed by atoms with Gasteiger partial charge in [-0.2, -0.15) is 0 Å². The maximum absolute atomic E-state index is 12.4. The van der Waals surface area contributed by atoms with Gasteiger partial charge in [0.25, 0.3) is 0 Å². The molecule has 130 valence electrons. The number of esters is 1. The lowest BCUT2D eigenvalue weighted by molar-refractivity contribution is -0.152. The molecular weight excluding hydrogens is 300 g/mol. The van der Waals surface area contributed by atoms with Crippen molar-refractivity contribution in [3.8, 4) is 0 Å². The smallest absolute Gasteiger partial charge is 0.408 e. The number of hydrogen-bond donors (Lipinski definition) is 1. The fourth-order valence-corrected chi connectivity index (χ4v) is 3.50. The lowest BCUT2D eigenvalue weighted by atomic mass is 10.0. The number of alkyl carbamates (subject to hydrolysis) is 1. The SMILES string of the molecule is COC(=O)[C@@H]1[C@@H]2[C@H](CN1C(=O)CNC(=O)OC(C)(C)C)C2(C)C. The van der Waals surface area contributed by atoms with Crippen LogP contribution in [0.1, 0.15) is 34.6 Å². The van der Waals surface area contributed by atoms with Crippen LogP contribution in [-0.2, 0) is 19.1 Å². The van der Waals surface area contributed by atoms with Crippen molar-refractivity contribution in [1.29, 1.82) is 0 Å². The number of nitrogens with zero attached hydrogens (tertiary/aromatic N) is 1. The second-order valence-electron chi connectivity index (χ2n) is 7.82. The van der Waals surface area contributed by atoms with Crippen LogP contribution in [0.25, 0.3) is 0 Å². The molecule has 1 aliphatic heterocycles. The summed E-state index contributed by atoms with van der Waals surface area (Å²) < 4.78 is 9.95. The van der Waals surface area contributed by atoms with Crippen LogP contribution in [-0.4, -0.2) is 54.7 Å². The van der Waals surface area contributed by atoms with Crippen molar-refractivity contribution in [2.45, 2.75) is 46.3 Å². The Labute approximate surface area is 136 Å². The second-order valence-corrected chi connectivity index (χ2v) is 7.82. The van der Waals surface area contributed by atoms with E-state index in [0.717, 1.165) is 0 Å². The van der Waals surface area contributed by atoms with Crippen molar-refractivity contribution in [1.82, 2.24) is 10.2 Å². The van der Waals surface area contributed by atoms with E-state index in [4.69, 9.17) is 9.47 Å². The van der Waals surface area contributed by atoms with Gasteiger partial charge in [0, 0.05) is 12.5 Å². The first-order valence-electron chi connectivity index (χ1n) is 7.83. The van der Waals surface area contributed by atoms with Gasteiger partial charge in [0.2, 0.25) is 5.91 Å². The summed E-state index contributed by atoms with van der Waals surface area (Å²) >= 11 is 0. The van der Waals surface area contributed by atoms with E-state index in [-0.39, 0.29) is 23.8 Å². The van der Waals surface area contributed by atoms with E-state index in [1.807, 2.05) is 0 Å². The van der Waals surface area contributed by atoms with Gasteiger partial charge in [-0.15, -0.1) is 0 Å². The molecule has 0 aromatic carbocycles. The molecule has 23 heavy (non-hydrogen) atoms. The molecule has 2 rings (SSSR count). The minimum atomic E-state index is -0.648. The highest BCUT2D eigenvalue weighted by molar-refractivity contribution is 5.89. The van der Waals surface area contributed by atoms with Gasteiger partial charge in [-0.25, -0.2) is 9.59 Å². The molecule has 1 N–H and O–H groups in total. The van der Waals surface area contributed by atoms with E-state index in [1.165, 1.54) is 12.0 Å². The van der Waals surface area contributed by atoms with Gasteiger partial charge in [0.05, 0.1) is 7.11 Å². The molecule has 1 saturated carbocycles. The van der Waals surface area contributed by atoms with Crippen LogP contribution in [0.4, 0.5) is 4.79 Å². The van der Waals surface area contributed by atoms with Crippen LogP contribution < -0.4 is 5.32 Å². The molecular formula is C16H26N2O5. The van der Waals surface area contributed by atoms with Crippen LogP contribution in [0, 0.1) is 17.3 Å². The van der Waals surface area contributed by atoms with Gasteiger partial charge in [-0.3, -0.25) is 4.79 Å². The Morgan fingerprint density at radius 1 is 1.26 bits per heavy atom. The Balaban J connectivity index is 1.95. The Morgan fingerprint density at radius 3 is 2.39 bits per heavy atom. The number of hydrogen-bond acceptors (Lipinski definition) is 5. The average molecular weight is 326 g/mol. The third-order valence-corrected chi connectivity index (χ3v) is 4.75. The minimum absolute atomic E-state index is 0.0498. The molecule has 1 aliphatic carbocycles. The summed E-state index contributed by atoms with van der Waals surface area (Å²) in [6.07, 6.45) is -0.648. The first-order valence-corrected chi connectivity index (χ1v) is 7.83. The summed E-state index contributed by atoms with van der Waals surface area (Å²) in [6.45, 7) is 9.76. The zero-order chi connectivity index (χ0) is 17.6. The fraction of sp³-hybridized carbons (Fsp3) is 0.812. The number of fused-ring (bicyclic) bond motifs is 1. The third kappa shape index (κ3) is 3.43. The van der Waals surface area contributed by atoms with Gasteiger partial charge in [0.15, 0.2) is 0 Å². The number of carbonyl (C=O) groups excluding carboxylic acids is 3. The molecule has 2 fully saturated rings. The van der Waals surface area contributed by atoms with Crippen molar-refractivity contribution < 1.29 is 23.9 Å². The predicted octanol–water partition coefficient (Wildman–Crippen LogP) is 1.17. The number of ether oxygens (including phenoxy) is 2. The third-order valence-electron chi connectivity index (χ3n) is 4.75. The second kappa shape index (κ2) is 5.69. The molecule has 0 bridgehead atoms. The molecule has 1 saturated heterocycles. The van der Waals surface area contributed by atoms with Gasteiger partial charge >= 0.3 is 12.1 Å². The van der Waals surface area contributed by atoms with Crippen molar-refractivity contribution in [2.75, 3.05) is 20.2 Å². The molecule has 2 amide bonds. The maximum atomic E-state index is 12.4. The molecule has 0 unspecified atom stereocenters. The number of likely N-dealkylation sites (tertiary alicyclic amines) is 1. The summed E-state index contributed by atoms with van der Waals surface area (Å²) in [4.78, 5) is 37.6. The number of methoxy groups -OCH3 is 1.